The zero-order valence-corrected chi connectivity index (χ0v) is 24.8. The highest BCUT2D eigenvalue weighted by atomic mass is 16.3. The van der Waals surface area contributed by atoms with Gasteiger partial charge in [-0.25, -0.2) is 0 Å². The highest BCUT2D eigenvalue weighted by Gasteiger charge is 2.69. The van der Waals surface area contributed by atoms with E-state index in [1.165, 1.54) is 12.8 Å². The Balaban J connectivity index is 1.41. The minimum Gasteiger partial charge on any atom is -0.393 e. The molecule has 3 N–H and O–H groups in total. The van der Waals surface area contributed by atoms with Crippen LogP contribution in [0.1, 0.15) is 113 Å². The Morgan fingerprint density at radius 3 is 2.27 bits per heavy atom. The van der Waals surface area contributed by atoms with E-state index in [4.69, 9.17) is 5.73 Å². The number of likely N-dealkylation sites (tertiary alicyclic amines) is 1. The summed E-state index contributed by atoms with van der Waals surface area (Å²) in [6.45, 7) is 18.9. The maximum Gasteiger partial charge on any atom is 0.229 e. The van der Waals surface area contributed by atoms with Gasteiger partial charge in [0.25, 0.3) is 0 Å². The summed E-state index contributed by atoms with van der Waals surface area (Å²) in [7, 11) is 0. The van der Waals surface area contributed by atoms with Crippen molar-refractivity contribution in [3.8, 4) is 0 Å². The van der Waals surface area contributed by atoms with E-state index in [9.17, 15) is 9.90 Å². The van der Waals surface area contributed by atoms with Gasteiger partial charge in [-0.1, -0.05) is 60.1 Å². The molecule has 0 aromatic heterocycles. The molecule has 8 atom stereocenters. The lowest BCUT2D eigenvalue weighted by Crippen LogP contribution is -2.67. The van der Waals surface area contributed by atoms with E-state index >= 15 is 0 Å². The van der Waals surface area contributed by atoms with E-state index < -0.39 is 0 Å². The van der Waals surface area contributed by atoms with Gasteiger partial charge in [-0.2, -0.15) is 0 Å². The van der Waals surface area contributed by atoms with Crippen molar-refractivity contribution in [3.05, 3.63) is 11.6 Å². The Kier molecular flexibility index (Phi) is 5.60. The van der Waals surface area contributed by atoms with E-state index in [1.807, 2.05) is 0 Å². The Hall–Kier alpha value is -0.870. The van der Waals surface area contributed by atoms with Crippen molar-refractivity contribution < 1.29 is 9.90 Å². The molecule has 1 heterocycles. The van der Waals surface area contributed by atoms with Crippen molar-refractivity contribution in [1.29, 1.82) is 0 Å². The summed E-state index contributed by atoms with van der Waals surface area (Å²) in [5.74, 6) is 2.01. The number of nitrogens with zero attached hydrogens (tertiary/aromatic N) is 1. The minimum absolute atomic E-state index is 0.0151. The first kappa shape index (κ1) is 26.4. The molecule has 0 aromatic rings. The smallest absolute Gasteiger partial charge is 0.229 e. The van der Waals surface area contributed by atoms with Gasteiger partial charge in [0, 0.05) is 19.1 Å². The van der Waals surface area contributed by atoms with Gasteiger partial charge in [-0.05, 0) is 109 Å². The van der Waals surface area contributed by atoms with E-state index in [-0.39, 0.29) is 44.6 Å². The zero-order valence-electron chi connectivity index (χ0n) is 24.8. The topological polar surface area (TPSA) is 66.6 Å². The Morgan fingerprint density at radius 2 is 1.59 bits per heavy atom. The maximum absolute atomic E-state index is 14.2. The van der Waals surface area contributed by atoms with Crippen molar-refractivity contribution in [2.75, 3.05) is 13.1 Å². The average Bonchev–Trinajstić information content (AvgIpc) is 2.79. The molecule has 6 aliphatic rings. The van der Waals surface area contributed by atoms with Crippen LogP contribution in [0.15, 0.2) is 11.6 Å². The number of allylic oxidation sites excluding steroid dienone is 2. The Labute approximate surface area is 226 Å². The van der Waals surface area contributed by atoms with Gasteiger partial charge in [0.05, 0.1) is 11.5 Å². The standard InChI is InChI=1S/C33H54N2O2/c1-28(2)14-16-33(27(37)35-19-21(34)20-35)17-15-31(6)22(23(33)18-28)8-9-25-30(5)12-11-26(36)29(3,4)24(30)10-13-32(25,31)7/h8,21,23-26,36H,9-20,34H2,1-7H3/t23-,24-,25+,26-,30-,31+,32+,33-/m0/s1. The molecule has 1 saturated heterocycles. The maximum atomic E-state index is 14.2. The molecular weight excluding hydrogens is 456 g/mol. The molecule has 208 valence electrons. The number of carbonyl (C=O) groups excluding carboxylic acids is 1. The van der Waals surface area contributed by atoms with Crippen molar-refractivity contribution in [3.63, 3.8) is 0 Å². The first-order chi connectivity index (χ1) is 17.1. The second kappa shape index (κ2) is 7.87. The fraction of sp³-hybridized carbons (Fsp3) is 0.909. The second-order valence-corrected chi connectivity index (χ2v) is 16.7. The SMILES string of the molecule is CC1(C)CC[C@]2(C(=O)N3CC(N)C3)CC[C@]3(C)C(=CC[C@@H]4[C@@]5(C)CC[C@H](O)C(C)(C)[C@@H]5CC[C@]43C)[C@@H]2C1. The molecule has 0 radical (unpaired) electrons. The highest BCUT2D eigenvalue weighted by Crippen LogP contribution is 2.75. The molecule has 4 nitrogen and oxygen atoms in total. The number of carbonyl (C=O) groups is 1. The van der Waals surface area contributed by atoms with Crippen LogP contribution in [0.25, 0.3) is 0 Å². The highest BCUT2D eigenvalue weighted by molar-refractivity contribution is 5.85. The number of aliphatic hydroxyl groups is 1. The summed E-state index contributed by atoms with van der Waals surface area (Å²) in [5, 5.41) is 11.0. The lowest BCUT2D eigenvalue weighted by Gasteiger charge is -2.71. The van der Waals surface area contributed by atoms with Crippen LogP contribution in [0.3, 0.4) is 0 Å². The number of rotatable bonds is 1. The number of hydrogen-bond donors (Lipinski definition) is 2. The van der Waals surface area contributed by atoms with Gasteiger partial charge >= 0.3 is 0 Å². The third kappa shape index (κ3) is 3.30. The Bertz CT molecular complexity index is 1010. The van der Waals surface area contributed by atoms with E-state index in [2.05, 4.69) is 59.4 Å². The van der Waals surface area contributed by atoms with Crippen LogP contribution in [0.5, 0.6) is 0 Å². The zero-order chi connectivity index (χ0) is 26.8. The van der Waals surface area contributed by atoms with E-state index in [1.54, 1.807) is 5.57 Å². The number of nitrogens with two attached hydrogens (primary N) is 1. The van der Waals surface area contributed by atoms with E-state index in [0.29, 0.717) is 23.7 Å². The van der Waals surface area contributed by atoms with Crippen LogP contribution in [0.4, 0.5) is 0 Å². The lowest BCUT2D eigenvalue weighted by molar-refractivity contribution is -0.205. The minimum atomic E-state index is -0.220. The van der Waals surface area contributed by atoms with Crippen LogP contribution in [-0.2, 0) is 4.79 Å². The summed E-state index contributed by atoms with van der Waals surface area (Å²) >= 11 is 0. The summed E-state index contributed by atoms with van der Waals surface area (Å²) in [4.78, 5) is 16.3. The lowest BCUT2D eigenvalue weighted by atomic mass is 9.33. The molecule has 1 amide bonds. The van der Waals surface area contributed by atoms with Crippen molar-refractivity contribution >= 4 is 5.91 Å². The number of hydrogen-bond acceptors (Lipinski definition) is 3. The van der Waals surface area contributed by atoms with Gasteiger partial charge in [0.15, 0.2) is 0 Å². The van der Waals surface area contributed by atoms with Gasteiger partial charge in [-0.15, -0.1) is 0 Å². The molecule has 0 bridgehead atoms. The molecule has 5 aliphatic carbocycles. The first-order valence-corrected chi connectivity index (χ1v) is 15.5. The molecule has 0 unspecified atom stereocenters. The van der Waals surface area contributed by atoms with Crippen LogP contribution >= 0.6 is 0 Å². The van der Waals surface area contributed by atoms with Crippen molar-refractivity contribution in [2.24, 2.45) is 56.0 Å². The van der Waals surface area contributed by atoms with Crippen molar-refractivity contribution in [1.82, 2.24) is 4.90 Å². The summed E-state index contributed by atoms with van der Waals surface area (Å²) in [5.41, 5.74) is 8.50. The molecule has 37 heavy (non-hydrogen) atoms. The van der Waals surface area contributed by atoms with Gasteiger partial charge < -0.3 is 15.7 Å². The van der Waals surface area contributed by atoms with Gasteiger partial charge in [0.2, 0.25) is 5.91 Å². The molecule has 6 rings (SSSR count). The van der Waals surface area contributed by atoms with Crippen LogP contribution in [-0.4, -0.2) is 41.1 Å². The molecule has 0 spiro atoms. The largest absolute Gasteiger partial charge is 0.393 e. The van der Waals surface area contributed by atoms with Crippen molar-refractivity contribution in [2.45, 2.75) is 125 Å². The molecule has 1 aliphatic heterocycles. The molecule has 4 saturated carbocycles. The molecule has 5 fully saturated rings. The number of aliphatic hydroxyl groups excluding tert-OH is 1. The third-order valence-electron chi connectivity index (χ3n) is 14.2. The monoisotopic (exact) mass is 510 g/mol. The fourth-order valence-electron chi connectivity index (χ4n) is 11.6. The first-order valence-electron chi connectivity index (χ1n) is 15.5. The number of amides is 1. The predicted octanol–water partition coefficient (Wildman–Crippen LogP) is 6.32. The Morgan fingerprint density at radius 1 is 0.919 bits per heavy atom. The average molecular weight is 511 g/mol. The van der Waals surface area contributed by atoms with Gasteiger partial charge in [-0.3, -0.25) is 4.79 Å². The fourth-order valence-corrected chi connectivity index (χ4v) is 11.6. The van der Waals surface area contributed by atoms with E-state index in [0.717, 1.165) is 64.5 Å². The number of fused-ring (bicyclic) bond motifs is 7. The van der Waals surface area contributed by atoms with Gasteiger partial charge in [0.1, 0.15) is 0 Å². The normalized spacial score (nSPS) is 50.5. The summed E-state index contributed by atoms with van der Waals surface area (Å²) < 4.78 is 0. The summed E-state index contributed by atoms with van der Waals surface area (Å²) in [6, 6.07) is 0.162. The predicted molar refractivity (Wildman–Crippen MR) is 150 cm³/mol. The van der Waals surface area contributed by atoms with Crippen LogP contribution in [0, 0.1) is 50.2 Å². The molecular formula is C33H54N2O2. The molecule has 0 aromatic carbocycles. The molecule has 4 heteroatoms. The quantitative estimate of drug-likeness (QED) is 0.406. The second-order valence-electron chi connectivity index (χ2n) is 16.7. The summed E-state index contributed by atoms with van der Waals surface area (Å²) in [6.07, 6.45) is 13.7. The van der Waals surface area contributed by atoms with Crippen LogP contribution in [0.2, 0.25) is 0 Å². The van der Waals surface area contributed by atoms with Crippen LogP contribution < -0.4 is 5.73 Å². The third-order valence-corrected chi connectivity index (χ3v) is 14.2.